The fraction of sp³-hybridized carbons (Fsp3) is 0.812. The lowest BCUT2D eigenvalue weighted by Gasteiger charge is -2.32. The molecule has 2 fully saturated rings. The van der Waals surface area contributed by atoms with E-state index in [0.717, 1.165) is 12.6 Å². The summed E-state index contributed by atoms with van der Waals surface area (Å²) in [7, 11) is 0. The van der Waals surface area contributed by atoms with Crippen molar-refractivity contribution in [1.29, 1.82) is 0 Å². The quantitative estimate of drug-likeness (QED) is 0.916. The number of aromatic nitrogens is 2. The van der Waals surface area contributed by atoms with Crippen LogP contribution in [0, 0.1) is 0 Å². The van der Waals surface area contributed by atoms with Gasteiger partial charge in [0.05, 0.1) is 11.7 Å². The summed E-state index contributed by atoms with van der Waals surface area (Å²) in [6, 6.07) is 1.61. The van der Waals surface area contributed by atoms with Crippen LogP contribution in [0.2, 0.25) is 0 Å². The van der Waals surface area contributed by atoms with Crippen LogP contribution in [-0.4, -0.2) is 39.9 Å². The van der Waals surface area contributed by atoms with Crippen molar-refractivity contribution in [2.75, 3.05) is 13.1 Å². The summed E-state index contributed by atoms with van der Waals surface area (Å²) in [6.07, 6.45) is 9.63. The zero-order valence-corrected chi connectivity index (χ0v) is 13.1. The Hall–Kier alpha value is -0.870. The van der Waals surface area contributed by atoms with Crippen LogP contribution in [0.15, 0.2) is 12.4 Å². The van der Waals surface area contributed by atoms with Crippen LogP contribution in [0.25, 0.3) is 0 Å². The van der Waals surface area contributed by atoms with E-state index in [1.807, 2.05) is 6.20 Å². The SMILES string of the molecule is CC(C)(C)n1cc(CNC2CCN(C3CC3)CC2)cn1. The van der Waals surface area contributed by atoms with Crippen molar-refractivity contribution in [3.05, 3.63) is 18.0 Å². The standard InChI is InChI=1S/C16H28N4/c1-16(2,3)20-12-13(11-18-20)10-17-14-6-8-19(9-7-14)15-4-5-15/h11-12,14-15,17H,4-10H2,1-3H3. The summed E-state index contributed by atoms with van der Waals surface area (Å²) >= 11 is 0. The molecular weight excluding hydrogens is 248 g/mol. The minimum Gasteiger partial charge on any atom is -0.310 e. The van der Waals surface area contributed by atoms with Gasteiger partial charge >= 0.3 is 0 Å². The van der Waals surface area contributed by atoms with Gasteiger partial charge in [-0.3, -0.25) is 4.68 Å². The van der Waals surface area contributed by atoms with E-state index in [-0.39, 0.29) is 5.54 Å². The first kappa shape index (κ1) is 14.1. The number of hydrogen-bond acceptors (Lipinski definition) is 3. The third kappa shape index (κ3) is 3.41. The Morgan fingerprint density at radius 2 is 1.90 bits per heavy atom. The van der Waals surface area contributed by atoms with E-state index in [9.17, 15) is 0 Å². The Balaban J connectivity index is 1.44. The van der Waals surface area contributed by atoms with Crippen molar-refractivity contribution in [3.63, 3.8) is 0 Å². The zero-order chi connectivity index (χ0) is 14.2. The lowest BCUT2D eigenvalue weighted by atomic mass is 10.0. The molecule has 0 radical (unpaired) electrons. The smallest absolute Gasteiger partial charge is 0.0543 e. The van der Waals surface area contributed by atoms with Crippen molar-refractivity contribution in [1.82, 2.24) is 20.0 Å². The molecule has 0 spiro atoms. The molecule has 1 saturated carbocycles. The molecule has 1 aliphatic heterocycles. The number of likely N-dealkylation sites (tertiary alicyclic amines) is 1. The van der Waals surface area contributed by atoms with Gasteiger partial charge in [0.1, 0.15) is 0 Å². The molecule has 4 nitrogen and oxygen atoms in total. The normalized spacial score (nSPS) is 22.4. The van der Waals surface area contributed by atoms with Crippen LogP contribution >= 0.6 is 0 Å². The molecule has 1 aromatic heterocycles. The van der Waals surface area contributed by atoms with Gasteiger partial charge in [-0.1, -0.05) is 0 Å². The molecule has 3 rings (SSSR count). The molecule has 20 heavy (non-hydrogen) atoms. The van der Waals surface area contributed by atoms with Gasteiger partial charge in [0.2, 0.25) is 0 Å². The maximum Gasteiger partial charge on any atom is 0.0543 e. The average Bonchev–Trinajstić information content (AvgIpc) is 3.14. The summed E-state index contributed by atoms with van der Waals surface area (Å²) in [5.74, 6) is 0. The van der Waals surface area contributed by atoms with Crippen molar-refractivity contribution in [2.45, 2.75) is 70.6 Å². The summed E-state index contributed by atoms with van der Waals surface area (Å²) in [5.41, 5.74) is 1.37. The van der Waals surface area contributed by atoms with Gasteiger partial charge < -0.3 is 10.2 Å². The maximum atomic E-state index is 4.46. The Kier molecular flexibility index (Phi) is 3.87. The van der Waals surface area contributed by atoms with Crippen molar-refractivity contribution >= 4 is 0 Å². The Morgan fingerprint density at radius 1 is 1.20 bits per heavy atom. The fourth-order valence-electron chi connectivity index (χ4n) is 2.99. The molecular formula is C16H28N4. The predicted octanol–water partition coefficient (Wildman–Crippen LogP) is 2.35. The van der Waals surface area contributed by atoms with Crippen LogP contribution in [0.1, 0.15) is 52.0 Å². The maximum absolute atomic E-state index is 4.46. The first-order valence-corrected chi connectivity index (χ1v) is 8.04. The topological polar surface area (TPSA) is 33.1 Å². The molecule has 1 aromatic rings. The van der Waals surface area contributed by atoms with Gasteiger partial charge in [0.15, 0.2) is 0 Å². The van der Waals surface area contributed by atoms with E-state index in [2.05, 4.69) is 47.0 Å². The minimum atomic E-state index is 0.0772. The molecule has 1 N–H and O–H groups in total. The zero-order valence-electron chi connectivity index (χ0n) is 13.1. The molecule has 0 unspecified atom stereocenters. The van der Waals surface area contributed by atoms with Crippen LogP contribution in [0.5, 0.6) is 0 Å². The molecule has 0 atom stereocenters. The minimum absolute atomic E-state index is 0.0772. The first-order chi connectivity index (χ1) is 9.52. The van der Waals surface area contributed by atoms with Crippen LogP contribution in [0.4, 0.5) is 0 Å². The second kappa shape index (κ2) is 5.49. The van der Waals surface area contributed by atoms with Crippen LogP contribution in [0.3, 0.4) is 0 Å². The van der Waals surface area contributed by atoms with Crippen molar-refractivity contribution in [3.8, 4) is 0 Å². The highest BCUT2D eigenvalue weighted by atomic mass is 15.3. The molecule has 1 aliphatic carbocycles. The number of hydrogen-bond donors (Lipinski definition) is 1. The molecule has 2 aliphatic rings. The van der Waals surface area contributed by atoms with Gasteiger partial charge in [-0.15, -0.1) is 0 Å². The average molecular weight is 276 g/mol. The van der Waals surface area contributed by atoms with E-state index in [0.29, 0.717) is 6.04 Å². The molecule has 0 amide bonds. The second-order valence-electron chi connectivity index (χ2n) is 7.39. The molecule has 0 bridgehead atoms. The molecule has 2 heterocycles. The second-order valence-corrected chi connectivity index (χ2v) is 7.39. The fourth-order valence-corrected chi connectivity index (χ4v) is 2.99. The van der Waals surface area contributed by atoms with Crippen molar-refractivity contribution < 1.29 is 0 Å². The third-order valence-corrected chi connectivity index (χ3v) is 4.51. The third-order valence-electron chi connectivity index (χ3n) is 4.51. The van der Waals surface area contributed by atoms with Gasteiger partial charge in [0.25, 0.3) is 0 Å². The highest BCUT2D eigenvalue weighted by Gasteiger charge is 2.31. The monoisotopic (exact) mass is 276 g/mol. The van der Waals surface area contributed by atoms with Crippen LogP contribution < -0.4 is 5.32 Å². The van der Waals surface area contributed by atoms with Gasteiger partial charge in [-0.05, 0) is 59.5 Å². The Morgan fingerprint density at radius 3 is 2.45 bits per heavy atom. The molecule has 112 valence electrons. The largest absolute Gasteiger partial charge is 0.310 e. The molecule has 1 saturated heterocycles. The lowest BCUT2D eigenvalue weighted by molar-refractivity contribution is 0.189. The predicted molar refractivity (Wildman–Crippen MR) is 81.7 cm³/mol. The lowest BCUT2D eigenvalue weighted by Crippen LogP contribution is -2.43. The van der Waals surface area contributed by atoms with E-state index >= 15 is 0 Å². The Bertz CT molecular complexity index is 434. The van der Waals surface area contributed by atoms with E-state index in [1.54, 1.807) is 0 Å². The first-order valence-electron chi connectivity index (χ1n) is 8.04. The number of nitrogens with zero attached hydrogens (tertiary/aromatic N) is 3. The van der Waals surface area contributed by atoms with Gasteiger partial charge in [-0.25, -0.2) is 0 Å². The van der Waals surface area contributed by atoms with E-state index < -0.39 is 0 Å². The number of nitrogens with one attached hydrogen (secondary N) is 1. The van der Waals surface area contributed by atoms with Gasteiger partial charge in [-0.2, -0.15) is 5.10 Å². The van der Waals surface area contributed by atoms with Crippen molar-refractivity contribution in [2.24, 2.45) is 0 Å². The summed E-state index contributed by atoms with van der Waals surface area (Å²) in [6.45, 7) is 10.1. The summed E-state index contributed by atoms with van der Waals surface area (Å²) < 4.78 is 2.06. The van der Waals surface area contributed by atoms with Gasteiger partial charge in [0, 0.05) is 30.4 Å². The summed E-state index contributed by atoms with van der Waals surface area (Å²) in [4.78, 5) is 2.68. The van der Waals surface area contributed by atoms with Crippen LogP contribution in [-0.2, 0) is 12.1 Å². The number of rotatable bonds is 4. The Labute approximate surface area is 122 Å². The van der Waals surface area contributed by atoms with E-state index in [1.165, 1.54) is 44.3 Å². The highest BCUT2D eigenvalue weighted by Crippen LogP contribution is 2.29. The number of piperidine rings is 1. The molecule has 4 heteroatoms. The molecule has 0 aromatic carbocycles. The highest BCUT2D eigenvalue weighted by molar-refractivity contribution is 5.05. The van der Waals surface area contributed by atoms with E-state index in [4.69, 9.17) is 0 Å². The summed E-state index contributed by atoms with van der Waals surface area (Å²) in [5, 5.41) is 8.17.